The van der Waals surface area contributed by atoms with Crippen LogP contribution in [0.15, 0.2) is 33.6 Å². The summed E-state index contributed by atoms with van der Waals surface area (Å²) in [6, 6.07) is 3.57. The molecular formula is C13H8BrF4NO3S. The highest BCUT2D eigenvalue weighted by atomic mass is 79.9. The molecular weight excluding hydrogens is 406 g/mol. The van der Waals surface area contributed by atoms with Gasteiger partial charge in [0.15, 0.2) is 29.0 Å². The predicted octanol–water partition coefficient (Wildman–Crippen LogP) is 3.81. The molecule has 1 N–H and O–H groups in total. The maximum absolute atomic E-state index is 13.8. The van der Waals surface area contributed by atoms with Gasteiger partial charge in [-0.25, -0.2) is 26.0 Å². The third-order valence-electron chi connectivity index (χ3n) is 2.74. The Balaban J connectivity index is 2.48. The SMILES string of the molecule is COc1ccc(NS(=O)(=O)c2c(Br)cc(F)c(F)c2F)cc1F. The molecule has 0 amide bonds. The first-order chi connectivity index (χ1) is 10.7. The molecule has 0 aromatic heterocycles. The second-order valence-electron chi connectivity index (χ2n) is 4.25. The Kier molecular flexibility index (Phi) is 4.85. The lowest BCUT2D eigenvalue weighted by Gasteiger charge is -2.12. The number of methoxy groups -OCH3 is 1. The van der Waals surface area contributed by atoms with E-state index in [2.05, 4.69) is 20.7 Å². The van der Waals surface area contributed by atoms with Crippen molar-refractivity contribution in [2.24, 2.45) is 0 Å². The molecule has 0 aliphatic rings. The summed E-state index contributed by atoms with van der Waals surface area (Å²) in [5.74, 6) is -6.37. The van der Waals surface area contributed by atoms with Crippen molar-refractivity contribution < 1.29 is 30.7 Å². The van der Waals surface area contributed by atoms with E-state index in [1.807, 2.05) is 4.72 Å². The van der Waals surface area contributed by atoms with Crippen molar-refractivity contribution in [3.63, 3.8) is 0 Å². The van der Waals surface area contributed by atoms with E-state index in [9.17, 15) is 26.0 Å². The predicted molar refractivity (Wildman–Crippen MR) is 77.8 cm³/mol. The second kappa shape index (κ2) is 6.36. The lowest BCUT2D eigenvalue weighted by atomic mass is 10.3. The summed E-state index contributed by atoms with van der Waals surface area (Å²) in [6.07, 6.45) is 0. The summed E-state index contributed by atoms with van der Waals surface area (Å²) in [7, 11) is -3.42. The van der Waals surface area contributed by atoms with Crippen LogP contribution in [0.25, 0.3) is 0 Å². The summed E-state index contributed by atoms with van der Waals surface area (Å²) < 4.78 is 83.9. The first-order valence-corrected chi connectivity index (χ1v) is 8.14. The molecule has 0 aliphatic heterocycles. The Bertz CT molecular complexity index is 874. The van der Waals surface area contributed by atoms with Crippen molar-refractivity contribution in [3.8, 4) is 5.75 Å². The number of anilines is 1. The fourth-order valence-corrected chi connectivity index (χ4v) is 3.93. The van der Waals surface area contributed by atoms with Gasteiger partial charge in [-0.3, -0.25) is 4.72 Å². The summed E-state index contributed by atoms with van der Waals surface area (Å²) in [5, 5.41) is 0. The van der Waals surface area contributed by atoms with E-state index in [1.165, 1.54) is 7.11 Å². The monoisotopic (exact) mass is 413 g/mol. The van der Waals surface area contributed by atoms with E-state index in [0.29, 0.717) is 6.07 Å². The van der Waals surface area contributed by atoms with Gasteiger partial charge in [0, 0.05) is 10.5 Å². The minimum Gasteiger partial charge on any atom is -0.494 e. The largest absolute Gasteiger partial charge is 0.494 e. The van der Waals surface area contributed by atoms with E-state index in [-0.39, 0.29) is 11.4 Å². The Labute approximate surface area is 137 Å². The average Bonchev–Trinajstić information content (AvgIpc) is 2.44. The molecule has 0 heterocycles. The van der Waals surface area contributed by atoms with Gasteiger partial charge < -0.3 is 4.74 Å². The van der Waals surface area contributed by atoms with Crippen LogP contribution in [0, 0.1) is 23.3 Å². The molecule has 10 heteroatoms. The molecule has 0 atom stereocenters. The van der Waals surface area contributed by atoms with Crippen molar-refractivity contribution >= 4 is 31.6 Å². The fourth-order valence-electron chi connectivity index (χ4n) is 1.73. The van der Waals surface area contributed by atoms with Crippen molar-refractivity contribution in [2.75, 3.05) is 11.8 Å². The number of hydrogen-bond acceptors (Lipinski definition) is 3. The normalized spacial score (nSPS) is 11.4. The lowest BCUT2D eigenvalue weighted by Crippen LogP contribution is -2.17. The van der Waals surface area contributed by atoms with Crippen LogP contribution in [0.2, 0.25) is 0 Å². The number of nitrogens with one attached hydrogen (secondary N) is 1. The van der Waals surface area contributed by atoms with Crippen LogP contribution >= 0.6 is 15.9 Å². The fraction of sp³-hybridized carbons (Fsp3) is 0.0769. The Morgan fingerprint density at radius 2 is 1.70 bits per heavy atom. The molecule has 2 aromatic carbocycles. The zero-order valence-electron chi connectivity index (χ0n) is 11.3. The summed E-state index contributed by atoms with van der Waals surface area (Å²) >= 11 is 2.66. The zero-order chi connectivity index (χ0) is 17.4. The molecule has 2 rings (SSSR count). The average molecular weight is 414 g/mol. The highest BCUT2D eigenvalue weighted by molar-refractivity contribution is 9.10. The van der Waals surface area contributed by atoms with E-state index < -0.39 is 42.7 Å². The van der Waals surface area contributed by atoms with Crippen molar-refractivity contribution in [1.82, 2.24) is 0 Å². The van der Waals surface area contributed by atoms with Gasteiger partial charge in [0.1, 0.15) is 4.90 Å². The van der Waals surface area contributed by atoms with E-state index in [4.69, 9.17) is 0 Å². The van der Waals surface area contributed by atoms with E-state index in [1.54, 1.807) is 0 Å². The molecule has 23 heavy (non-hydrogen) atoms. The topological polar surface area (TPSA) is 55.4 Å². The van der Waals surface area contributed by atoms with Gasteiger partial charge in [0.2, 0.25) is 0 Å². The van der Waals surface area contributed by atoms with Crippen LogP contribution in [0.5, 0.6) is 5.75 Å². The lowest BCUT2D eigenvalue weighted by molar-refractivity contribution is 0.386. The number of ether oxygens (including phenoxy) is 1. The van der Waals surface area contributed by atoms with Crippen molar-refractivity contribution in [3.05, 3.63) is 52.0 Å². The number of sulfonamides is 1. The summed E-state index contributed by atoms with van der Waals surface area (Å²) in [6.45, 7) is 0. The van der Waals surface area contributed by atoms with Crippen LogP contribution in [0.1, 0.15) is 0 Å². The molecule has 4 nitrogen and oxygen atoms in total. The molecule has 0 aliphatic carbocycles. The third kappa shape index (κ3) is 3.42. The van der Waals surface area contributed by atoms with Crippen LogP contribution in [-0.2, 0) is 10.0 Å². The van der Waals surface area contributed by atoms with Gasteiger partial charge in [-0.1, -0.05) is 0 Å². The quantitative estimate of drug-likeness (QED) is 0.471. The molecule has 0 spiro atoms. The van der Waals surface area contributed by atoms with Crippen LogP contribution in [0.4, 0.5) is 23.2 Å². The molecule has 2 aromatic rings. The van der Waals surface area contributed by atoms with Crippen LogP contribution in [0.3, 0.4) is 0 Å². The Morgan fingerprint density at radius 3 is 2.26 bits per heavy atom. The third-order valence-corrected chi connectivity index (χ3v) is 5.07. The number of benzene rings is 2. The molecule has 0 saturated carbocycles. The van der Waals surface area contributed by atoms with Crippen LogP contribution in [-0.4, -0.2) is 15.5 Å². The number of hydrogen-bond donors (Lipinski definition) is 1. The second-order valence-corrected chi connectivity index (χ2v) is 6.73. The van der Waals surface area contributed by atoms with Crippen molar-refractivity contribution in [1.29, 1.82) is 0 Å². The Morgan fingerprint density at radius 1 is 1.04 bits per heavy atom. The highest BCUT2D eigenvalue weighted by Gasteiger charge is 2.28. The summed E-state index contributed by atoms with van der Waals surface area (Å²) in [4.78, 5) is -1.13. The van der Waals surface area contributed by atoms with E-state index >= 15 is 0 Å². The van der Waals surface area contributed by atoms with Crippen molar-refractivity contribution in [2.45, 2.75) is 4.90 Å². The maximum atomic E-state index is 13.8. The maximum Gasteiger partial charge on any atom is 0.266 e. The van der Waals surface area contributed by atoms with Gasteiger partial charge in [0.25, 0.3) is 10.0 Å². The highest BCUT2D eigenvalue weighted by Crippen LogP contribution is 2.31. The molecule has 124 valence electrons. The standard InChI is InChI=1S/C13H8BrF4NO3S/c1-22-10-3-2-6(4-8(10)15)19-23(20,21)13-7(14)5-9(16)11(17)12(13)18/h2-5,19H,1H3. The molecule has 0 bridgehead atoms. The van der Waals surface area contributed by atoms with Gasteiger partial charge in [-0.2, -0.15) is 0 Å². The smallest absolute Gasteiger partial charge is 0.266 e. The Hall–Kier alpha value is -1.81. The molecule has 0 fully saturated rings. The first kappa shape index (κ1) is 17.5. The number of rotatable bonds is 4. The zero-order valence-corrected chi connectivity index (χ0v) is 13.7. The van der Waals surface area contributed by atoms with Gasteiger partial charge >= 0.3 is 0 Å². The van der Waals surface area contributed by atoms with Gasteiger partial charge in [0.05, 0.1) is 12.8 Å². The molecule has 0 saturated heterocycles. The number of halogens is 5. The molecule has 0 unspecified atom stereocenters. The van der Waals surface area contributed by atoms with Crippen LogP contribution < -0.4 is 9.46 Å². The minimum atomic E-state index is -4.64. The first-order valence-electron chi connectivity index (χ1n) is 5.86. The minimum absolute atomic E-state index is 0.131. The van der Waals surface area contributed by atoms with Gasteiger partial charge in [-0.15, -0.1) is 0 Å². The van der Waals surface area contributed by atoms with Gasteiger partial charge in [-0.05, 0) is 34.1 Å². The molecule has 0 radical (unpaired) electrons. The van der Waals surface area contributed by atoms with E-state index in [0.717, 1.165) is 18.2 Å². The summed E-state index contributed by atoms with van der Waals surface area (Å²) in [5.41, 5.74) is -0.251.